The van der Waals surface area contributed by atoms with Crippen LogP contribution in [-0.2, 0) is 18.4 Å². The first-order valence-electron chi connectivity index (χ1n) is 10.8. The van der Waals surface area contributed by atoms with Gasteiger partial charge in [0.2, 0.25) is 5.91 Å². The molecule has 4 rings (SSSR count). The van der Waals surface area contributed by atoms with Gasteiger partial charge in [-0.3, -0.25) is 14.4 Å². The van der Waals surface area contributed by atoms with Gasteiger partial charge in [-0.05, 0) is 39.3 Å². The quantitative estimate of drug-likeness (QED) is 0.763. The van der Waals surface area contributed by atoms with Gasteiger partial charge in [0.15, 0.2) is 0 Å². The summed E-state index contributed by atoms with van der Waals surface area (Å²) in [5.74, 6) is 0.273. The van der Waals surface area contributed by atoms with Crippen LogP contribution in [0.5, 0.6) is 0 Å². The zero-order valence-corrected chi connectivity index (χ0v) is 18.2. The highest BCUT2D eigenvalue weighted by molar-refractivity contribution is 5.88. The van der Waals surface area contributed by atoms with Crippen molar-refractivity contribution in [3.8, 4) is 0 Å². The number of aromatic nitrogens is 2. The summed E-state index contributed by atoms with van der Waals surface area (Å²) in [6.07, 6.45) is 6.80. The van der Waals surface area contributed by atoms with Gasteiger partial charge in [0, 0.05) is 71.0 Å². The van der Waals surface area contributed by atoms with Crippen molar-refractivity contribution < 1.29 is 9.59 Å². The summed E-state index contributed by atoms with van der Waals surface area (Å²) in [7, 11) is 5.54. The van der Waals surface area contributed by atoms with E-state index in [0.717, 1.165) is 52.0 Å². The third kappa shape index (κ3) is 3.21. The monoisotopic (exact) mass is 402 g/mol. The second kappa shape index (κ2) is 7.31. The van der Waals surface area contributed by atoms with E-state index in [9.17, 15) is 9.59 Å². The Morgan fingerprint density at radius 3 is 2.45 bits per heavy atom. The Balaban J connectivity index is 1.55. The topological polar surface area (TPSA) is 64.9 Å². The van der Waals surface area contributed by atoms with Crippen LogP contribution < -0.4 is 0 Å². The third-order valence-electron chi connectivity index (χ3n) is 7.49. The second-order valence-electron chi connectivity index (χ2n) is 9.33. The van der Waals surface area contributed by atoms with Crippen molar-refractivity contribution in [1.29, 1.82) is 0 Å². The molecular formula is C21H34N6O2. The van der Waals surface area contributed by atoms with Crippen LogP contribution in [0.3, 0.4) is 0 Å². The number of likely N-dealkylation sites (tertiary alicyclic amines) is 3. The molecule has 1 aromatic rings. The minimum atomic E-state index is -0.408. The summed E-state index contributed by atoms with van der Waals surface area (Å²) in [5, 5.41) is 4.28. The smallest absolute Gasteiger partial charge is 0.319 e. The van der Waals surface area contributed by atoms with Crippen molar-refractivity contribution in [2.24, 2.45) is 17.9 Å². The third-order valence-corrected chi connectivity index (χ3v) is 7.49. The molecule has 0 radical (unpaired) electrons. The van der Waals surface area contributed by atoms with Gasteiger partial charge in [0.05, 0.1) is 11.6 Å². The van der Waals surface area contributed by atoms with Crippen LogP contribution in [-0.4, -0.2) is 94.7 Å². The van der Waals surface area contributed by atoms with Crippen LogP contribution in [0, 0.1) is 10.8 Å². The SMILES string of the molecule is CCN1CC[C@@]2(CN(C(=O)N(C)C)CC23CCN(Cc2cnn(C)c2)CC3)C1=O. The first-order chi connectivity index (χ1) is 13.8. The average Bonchev–Trinajstić information content (AvgIpc) is 3.35. The molecule has 0 N–H and O–H groups in total. The lowest BCUT2D eigenvalue weighted by molar-refractivity contribution is -0.142. The van der Waals surface area contributed by atoms with Gasteiger partial charge in [-0.1, -0.05) is 0 Å². The van der Waals surface area contributed by atoms with Crippen molar-refractivity contribution in [1.82, 2.24) is 29.4 Å². The van der Waals surface area contributed by atoms with Gasteiger partial charge in [0.25, 0.3) is 0 Å². The molecule has 160 valence electrons. The van der Waals surface area contributed by atoms with Crippen molar-refractivity contribution in [2.45, 2.75) is 32.7 Å². The van der Waals surface area contributed by atoms with Crippen LogP contribution in [0.2, 0.25) is 0 Å². The lowest BCUT2D eigenvalue weighted by Crippen LogP contribution is -2.52. The second-order valence-corrected chi connectivity index (χ2v) is 9.33. The highest BCUT2D eigenvalue weighted by atomic mass is 16.2. The molecule has 3 amide bonds. The lowest BCUT2D eigenvalue weighted by atomic mass is 9.60. The number of hydrogen-bond acceptors (Lipinski definition) is 4. The predicted octanol–water partition coefficient (Wildman–Crippen LogP) is 1.24. The van der Waals surface area contributed by atoms with E-state index >= 15 is 0 Å². The zero-order valence-electron chi connectivity index (χ0n) is 18.2. The number of carbonyl (C=O) groups excluding carboxylic acids is 2. The van der Waals surface area contributed by atoms with E-state index in [0.29, 0.717) is 13.1 Å². The molecule has 8 heteroatoms. The number of hydrogen-bond donors (Lipinski definition) is 0. The van der Waals surface area contributed by atoms with Gasteiger partial charge in [-0.15, -0.1) is 0 Å². The summed E-state index contributed by atoms with van der Waals surface area (Å²) in [4.78, 5) is 34.3. The highest BCUT2D eigenvalue weighted by Gasteiger charge is 2.65. The highest BCUT2D eigenvalue weighted by Crippen LogP contribution is 2.58. The summed E-state index contributed by atoms with van der Waals surface area (Å²) in [5.41, 5.74) is 0.711. The van der Waals surface area contributed by atoms with Crippen LogP contribution in [0.1, 0.15) is 31.7 Å². The van der Waals surface area contributed by atoms with E-state index in [1.807, 2.05) is 27.7 Å². The molecule has 29 heavy (non-hydrogen) atoms. The van der Waals surface area contributed by atoms with Crippen LogP contribution in [0.4, 0.5) is 4.79 Å². The van der Waals surface area contributed by atoms with E-state index in [-0.39, 0.29) is 17.4 Å². The standard InChI is InChI=1S/C21H34N6O2/c1-5-26-11-8-21(18(26)28)16-27(19(29)23(2)3)15-20(21)6-9-25(10-7-20)14-17-12-22-24(4)13-17/h12-13H,5-11,14-16H2,1-4H3/t21-/m1/s1. The Hall–Kier alpha value is -2.09. The molecule has 0 unspecified atom stereocenters. The molecule has 0 aliphatic carbocycles. The summed E-state index contributed by atoms with van der Waals surface area (Å²) >= 11 is 0. The lowest BCUT2D eigenvalue weighted by Gasteiger charge is -2.46. The maximum absolute atomic E-state index is 13.5. The number of rotatable bonds is 3. The van der Waals surface area contributed by atoms with Gasteiger partial charge in [0.1, 0.15) is 0 Å². The molecule has 1 aromatic heterocycles. The molecule has 1 atom stereocenters. The van der Waals surface area contributed by atoms with Crippen molar-refractivity contribution in [3.05, 3.63) is 18.0 Å². The summed E-state index contributed by atoms with van der Waals surface area (Å²) in [6.45, 7) is 7.71. The van der Waals surface area contributed by atoms with Crippen LogP contribution >= 0.6 is 0 Å². The van der Waals surface area contributed by atoms with Crippen molar-refractivity contribution in [3.63, 3.8) is 0 Å². The number of aryl methyl sites for hydroxylation is 1. The number of carbonyl (C=O) groups is 2. The molecule has 3 aliphatic rings. The molecule has 3 aliphatic heterocycles. The van der Waals surface area contributed by atoms with Gasteiger partial charge < -0.3 is 14.7 Å². The summed E-state index contributed by atoms with van der Waals surface area (Å²) in [6, 6.07) is 0.0294. The van der Waals surface area contributed by atoms with E-state index < -0.39 is 5.41 Å². The molecular weight excluding hydrogens is 368 g/mol. The van der Waals surface area contributed by atoms with Crippen LogP contribution in [0.15, 0.2) is 12.4 Å². The molecule has 3 saturated heterocycles. The largest absolute Gasteiger partial charge is 0.342 e. The van der Waals surface area contributed by atoms with Crippen LogP contribution in [0.25, 0.3) is 0 Å². The van der Waals surface area contributed by atoms with E-state index in [2.05, 4.69) is 23.1 Å². The molecule has 2 spiro atoms. The fourth-order valence-corrected chi connectivity index (χ4v) is 5.85. The molecule has 8 nitrogen and oxygen atoms in total. The number of urea groups is 1. The van der Waals surface area contributed by atoms with E-state index in [1.54, 1.807) is 19.0 Å². The number of amides is 3. The van der Waals surface area contributed by atoms with Gasteiger partial charge >= 0.3 is 6.03 Å². The van der Waals surface area contributed by atoms with Gasteiger partial charge in [-0.2, -0.15) is 5.10 Å². The first-order valence-corrected chi connectivity index (χ1v) is 10.8. The first kappa shape index (κ1) is 20.2. The normalized spacial score (nSPS) is 26.8. The summed E-state index contributed by atoms with van der Waals surface area (Å²) < 4.78 is 1.84. The molecule has 3 fully saturated rings. The number of piperidine rings is 1. The molecule has 0 saturated carbocycles. The fourth-order valence-electron chi connectivity index (χ4n) is 5.85. The van der Waals surface area contributed by atoms with E-state index in [1.165, 1.54) is 5.56 Å². The molecule has 4 heterocycles. The minimum absolute atomic E-state index is 0.0294. The fraction of sp³-hybridized carbons (Fsp3) is 0.762. The Morgan fingerprint density at radius 1 is 1.17 bits per heavy atom. The number of nitrogens with zero attached hydrogens (tertiary/aromatic N) is 6. The average molecular weight is 403 g/mol. The zero-order chi connectivity index (χ0) is 20.8. The maximum Gasteiger partial charge on any atom is 0.319 e. The Morgan fingerprint density at radius 2 is 1.90 bits per heavy atom. The van der Waals surface area contributed by atoms with Crippen molar-refractivity contribution in [2.75, 3.05) is 53.4 Å². The number of fused-ring (bicyclic) bond motifs is 1. The maximum atomic E-state index is 13.5. The van der Waals surface area contributed by atoms with Gasteiger partial charge in [-0.25, -0.2) is 4.79 Å². The Labute approximate surface area is 173 Å². The molecule has 0 aromatic carbocycles. The van der Waals surface area contributed by atoms with Crippen molar-refractivity contribution >= 4 is 11.9 Å². The predicted molar refractivity (Wildman–Crippen MR) is 110 cm³/mol. The molecule has 0 bridgehead atoms. The minimum Gasteiger partial charge on any atom is -0.342 e. The Bertz CT molecular complexity index is 782. The Kier molecular flexibility index (Phi) is 5.09. The van der Waals surface area contributed by atoms with E-state index in [4.69, 9.17) is 0 Å².